The van der Waals surface area contributed by atoms with Gasteiger partial charge in [0.1, 0.15) is 57.3 Å². The molecule has 1 atom stereocenters. The molecule has 140 heavy (non-hydrogen) atoms. The minimum absolute atomic E-state index is 0.0441. The van der Waals surface area contributed by atoms with Crippen LogP contribution < -0.4 is 31.1 Å². The molecule has 5 N–H and O–H groups in total. The Morgan fingerprint density at radius 3 is 1.00 bits per heavy atom. The Labute approximate surface area is 835 Å². The van der Waals surface area contributed by atoms with Gasteiger partial charge < -0.3 is 43.4 Å². The number of phenolic OH excluding ortho intramolecular Hbond substituents is 5. The van der Waals surface area contributed by atoms with Gasteiger partial charge in [-0.05, 0) is 268 Å². The number of hydrogen-bond acceptors (Lipinski definition) is 15. The summed E-state index contributed by atoms with van der Waals surface area (Å²) in [6.45, 7) is 89.3. The molecule has 0 bridgehead atoms. The fraction of sp³-hybridized carbons (Fsp3) is 0.512. The third kappa shape index (κ3) is 24.1. The van der Waals surface area contributed by atoms with E-state index in [1.165, 1.54) is 27.8 Å². The number of fused-ring (bicyclic) bond motifs is 4. The van der Waals surface area contributed by atoms with Gasteiger partial charge in [-0.3, -0.25) is 9.32 Å². The Balaban J connectivity index is 0.000000217. The smallest absolute Gasteiger partial charge is 0.387 e. The molecule has 2 aromatic heterocycles. The predicted octanol–water partition coefficient (Wildman–Crippen LogP) is 28.9. The Morgan fingerprint density at radius 1 is 0.343 bits per heavy atom. The van der Waals surface area contributed by atoms with Crippen molar-refractivity contribution in [2.75, 3.05) is 6.61 Å². The summed E-state index contributed by atoms with van der Waals surface area (Å²) in [6.07, 6.45) is 1.65. The lowest BCUT2D eigenvalue weighted by atomic mass is 9.77. The molecule has 758 valence electrons. The maximum Gasteiger partial charge on any atom is 0.387 e. The summed E-state index contributed by atoms with van der Waals surface area (Å²) in [5.41, 5.74) is 17.9. The Kier molecular flexibility index (Phi) is 31.1. The maximum absolute atomic E-state index is 14.4. The average Bonchev–Trinajstić information content (AvgIpc) is 1.29. The van der Waals surface area contributed by atoms with Crippen LogP contribution >= 0.6 is 8.24 Å². The lowest BCUT2D eigenvalue weighted by molar-refractivity contribution is -0.133. The first-order valence-electron chi connectivity index (χ1n) is 49.6. The van der Waals surface area contributed by atoms with Crippen molar-refractivity contribution in [1.29, 1.82) is 0 Å². The zero-order valence-corrected chi connectivity index (χ0v) is 93.6. The Bertz CT molecular complexity index is 6480. The minimum Gasteiger partial charge on any atom is -0.507 e. The molecular formula is C121H164N3O15P. The largest absolute Gasteiger partial charge is 0.507 e. The maximum atomic E-state index is 14.4. The number of nitrogens with zero attached hydrogens (tertiary/aromatic N) is 3. The lowest BCUT2D eigenvalue weighted by Gasteiger charge is -2.28. The van der Waals surface area contributed by atoms with Gasteiger partial charge in [0, 0.05) is 44.2 Å². The number of aryl methyl sites for hydroxylation is 5. The van der Waals surface area contributed by atoms with Crippen LogP contribution in [0.1, 0.15) is 411 Å². The number of hydrogen-bond donors (Lipinski definition) is 5. The summed E-state index contributed by atoms with van der Waals surface area (Å²) < 4.78 is 35.3. The summed E-state index contributed by atoms with van der Waals surface area (Å²) >= 11 is 0. The number of benzene rings is 9. The van der Waals surface area contributed by atoms with Crippen LogP contribution in [-0.2, 0) is 95.8 Å². The van der Waals surface area contributed by atoms with Crippen molar-refractivity contribution in [3.63, 3.8) is 0 Å². The molecule has 0 saturated carbocycles. The van der Waals surface area contributed by atoms with E-state index in [9.17, 15) is 49.5 Å². The van der Waals surface area contributed by atoms with Gasteiger partial charge in [-0.25, -0.2) is 32.9 Å². The third-order valence-electron chi connectivity index (χ3n) is 27.6. The van der Waals surface area contributed by atoms with Gasteiger partial charge in [0.05, 0.1) is 31.8 Å². The quantitative estimate of drug-likeness (QED) is 0.0385. The average molecular weight is 1930 g/mol. The van der Waals surface area contributed by atoms with Crippen LogP contribution in [0.2, 0.25) is 0 Å². The number of ether oxygens (including phenoxy) is 2. The summed E-state index contributed by atoms with van der Waals surface area (Å²) in [6, 6.07) is 34.2. The first kappa shape index (κ1) is 111. The number of phenols is 5. The topological polar surface area (TPSA) is 255 Å². The van der Waals surface area contributed by atoms with Crippen LogP contribution in [0.4, 0.5) is 0 Å². The number of aromatic nitrogens is 3. The number of esters is 2. The van der Waals surface area contributed by atoms with E-state index in [-0.39, 0.29) is 96.8 Å². The molecule has 0 radical (unpaired) electrons. The molecule has 18 nitrogen and oxygen atoms in total. The zero-order chi connectivity index (χ0) is 106. The molecule has 0 amide bonds. The molecular weight excluding hydrogens is 1770 g/mol. The van der Waals surface area contributed by atoms with E-state index >= 15 is 0 Å². The highest BCUT2D eigenvalue weighted by Crippen LogP contribution is 2.51. The van der Waals surface area contributed by atoms with Gasteiger partial charge in [0.2, 0.25) is 0 Å². The number of rotatable bonds is 14. The first-order chi connectivity index (χ1) is 63.6. The molecule has 9 aromatic carbocycles. The van der Waals surface area contributed by atoms with Gasteiger partial charge in [-0.2, -0.15) is 0 Å². The van der Waals surface area contributed by atoms with Crippen molar-refractivity contribution in [2.45, 2.75) is 401 Å². The molecule has 1 unspecified atom stereocenters. The van der Waals surface area contributed by atoms with Crippen molar-refractivity contribution >= 4 is 42.1 Å². The van der Waals surface area contributed by atoms with Gasteiger partial charge in [0.25, 0.3) is 0 Å². The van der Waals surface area contributed by atoms with E-state index in [4.69, 9.17) is 22.4 Å². The van der Waals surface area contributed by atoms with Crippen LogP contribution in [0.3, 0.4) is 0 Å². The highest BCUT2D eigenvalue weighted by molar-refractivity contribution is 7.31. The van der Waals surface area contributed by atoms with E-state index in [0.717, 1.165) is 110 Å². The second-order valence-electron chi connectivity index (χ2n) is 51.8. The molecule has 19 heteroatoms. The number of carbonyl (C=O) groups is 2. The van der Waals surface area contributed by atoms with Crippen molar-refractivity contribution < 1.29 is 57.5 Å². The van der Waals surface area contributed by atoms with Crippen LogP contribution in [-0.4, -0.2) is 57.8 Å². The number of carbonyl (C=O) groups excluding carboxylic acids is 2. The zero-order valence-electron chi connectivity index (χ0n) is 92.7. The molecule has 3 heterocycles. The van der Waals surface area contributed by atoms with E-state index in [1.807, 2.05) is 180 Å². The summed E-state index contributed by atoms with van der Waals surface area (Å²) in [4.78, 5) is 70.4. The fourth-order valence-electron chi connectivity index (χ4n) is 18.4. The third-order valence-corrected chi connectivity index (χ3v) is 28.6. The SMILES string of the molecule is CC(C)(C)c1ccc(OC(=O)c2cc(C(C)(C)C)c(O)c(C(C)(C)C)c2)c(C2C(=O)Oc3ccc(C(C)(C)C)cc32)c1.Cc1cc(C(C)(C)C)c(O)c(C)c1Cn1c(=O)n(Cc2c(C)cc(C(C)(C)C)c(O)c2C)c(=O)n(Cc2c(C)cc(C(C)(C)C)c(O)c2C)c1=O.Cc1cc(CCCOp2oc3c(C(C)(C)C)cc(C(C)(C)C)cc3c3cc(C(C)(C)C)cc(C(C)(C)C)c3o2)cc(C(C)(C)C)c1O. The second-order valence-corrected chi connectivity index (χ2v) is 52.9. The molecule has 1 aliphatic heterocycles. The van der Waals surface area contributed by atoms with E-state index in [0.29, 0.717) is 79.5 Å². The van der Waals surface area contributed by atoms with Crippen molar-refractivity contribution in [1.82, 2.24) is 13.7 Å². The number of aromatic hydroxyl groups is 5. The minimum atomic E-state index is -1.73. The monoisotopic (exact) mass is 1930 g/mol. The van der Waals surface area contributed by atoms with E-state index in [2.05, 4.69) is 182 Å². The summed E-state index contributed by atoms with van der Waals surface area (Å²) in [7, 11) is -1.73. The van der Waals surface area contributed by atoms with Crippen molar-refractivity contribution in [3.05, 3.63) is 279 Å². The summed E-state index contributed by atoms with van der Waals surface area (Å²) in [5, 5.41) is 57.8. The van der Waals surface area contributed by atoms with Crippen molar-refractivity contribution in [3.8, 4) is 40.2 Å². The van der Waals surface area contributed by atoms with E-state index < -0.39 is 54.0 Å². The lowest BCUT2D eigenvalue weighted by Crippen LogP contribution is -2.55. The fourth-order valence-corrected chi connectivity index (χ4v) is 19.5. The van der Waals surface area contributed by atoms with Crippen molar-refractivity contribution in [2.24, 2.45) is 0 Å². The highest BCUT2D eigenvalue weighted by Gasteiger charge is 2.41. The van der Waals surface area contributed by atoms with Gasteiger partial charge in [-0.1, -0.05) is 316 Å². The second kappa shape index (κ2) is 39.1. The first-order valence-corrected chi connectivity index (χ1v) is 50.7. The predicted molar refractivity (Wildman–Crippen MR) is 576 cm³/mol. The molecule has 12 rings (SSSR count). The van der Waals surface area contributed by atoms with Gasteiger partial charge in [-0.15, -0.1) is 0 Å². The normalized spacial score (nSPS) is 13.8. The van der Waals surface area contributed by atoms with E-state index in [1.54, 1.807) is 39.0 Å². The summed E-state index contributed by atoms with van der Waals surface area (Å²) in [5.74, 6) is 0.0609. The van der Waals surface area contributed by atoms with Gasteiger partial charge in [0.15, 0.2) is 0 Å². The van der Waals surface area contributed by atoms with Crippen LogP contribution in [0.25, 0.3) is 21.9 Å². The molecule has 0 saturated heterocycles. The molecule has 0 aliphatic carbocycles. The molecule has 1 aliphatic rings. The van der Waals surface area contributed by atoms with Crippen LogP contribution in [0.15, 0.2) is 126 Å². The Hall–Kier alpha value is -10.8. The Morgan fingerprint density at radius 2 is 0.664 bits per heavy atom. The van der Waals surface area contributed by atoms with Gasteiger partial charge >= 0.3 is 37.2 Å². The standard InChI is InChI=1S/C42H57N3O6.C42H61O4P.C37H46O5/c1-22-16-31(40(7,8)9)34(46)25(4)28(22)19-43-37(49)44(20-29-23(2)17-32(41(10,11)12)35(47)26(29)5)39(51)45(38(43)50)21-30-24(3)18-33(42(13,14)15)36(48)27(30)6;1-26-20-27(21-32(35(26)43)40(8,9)10)18-17-19-44-47-45-36-30(22-28(38(2,3)4)24-33(36)41(11,12)13)31-23-29(39(5,6)7)25-34(37(31)46-47)42(14,15)16;1-34(2,3)22-13-15-28(24(19-22)30-25-20-23(35(4,5)6)14-16-29(25)42-33(30)40)41-32(39)21-17-26(36(7,8)9)31(38)27(18-21)37(10,11)12/h16-18,46-48H,19-21H2,1-15H3;20-25,43H,17-19H2,1-16H3;13-20,30,38H,1-12H3. The molecule has 11 aromatic rings. The highest BCUT2D eigenvalue weighted by atomic mass is 31.1. The van der Waals surface area contributed by atoms with Crippen LogP contribution in [0.5, 0.6) is 40.2 Å². The molecule has 0 fully saturated rings. The molecule has 0 spiro atoms. The van der Waals surface area contributed by atoms with Crippen LogP contribution in [0, 0.1) is 48.5 Å².